The Kier molecular flexibility index (Phi) is 6.98. The standard InChI is InChI=1S/C17H19N5OS3/c18-22-16(14-7-4-9-25-14)20-21-17(22)26-12-15(23)19-8-10-24-11-13-5-2-1-3-6-13/h1-7,9H,8,10-12,18H2,(H,19,23). The molecule has 2 aromatic heterocycles. The number of nitrogen functional groups attached to an aromatic ring is 1. The highest BCUT2D eigenvalue weighted by molar-refractivity contribution is 7.99. The van der Waals surface area contributed by atoms with Crippen molar-refractivity contribution in [3.63, 3.8) is 0 Å². The number of thiophene rings is 1. The molecular weight excluding hydrogens is 386 g/mol. The molecule has 0 atom stereocenters. The molecule has 0 unspecified atom stereocenters. The van der Waals surface area contributed by atoms with Crippen LogP contribution in [0.4, 0.5) is 0 Å². The number of nitrogens with zero attached hydrogens (tertiary/aromatic N) is 3. The molecule has 0 saturated heterocycles. The van der Waals surface area contributed by atoms with Gasteiger partial charge in [0, 0.05) is 18.1 Å². The van der Waals surface area contributed by atoms with Crippen LogP contribution >= 0.6 is 34.9 Å². The van der Waals surface area contributed by atoms with Crippen molar-refractivity contribution in [1.82, 2.24) is 20.2 Å². The fourth-order valence-corrected chi connectivity index (χ4v) is 4.37. The number of carbonyl (C=O) groups excluding carboxylic acids is 1. The number of amides is 1. The number of nitrogens with two attached hydrogens (primary N) is 1. The van der Waals surface area contributed by atoms with Gasteiger partial charge < -0.3 is 11.2 Å². The maximum atomic E-state index is 12.0. The van der Waals surface area contributed by atoms with E-state index in [-0.39, 0.29) is 11.7 Å². The maximum absolute atomic E-state index is 12.0. The lowest BCUT2D eigenvalue weighted by Gasteiger charge is -2.05. The molecule has 3 aromatic rings. The summed E-state index contributed by atoms with van der Waals surface area (Å²) in [6, 6.07) is 14.2. The van der Waals surface area contributed by atoms with Gasteiger partial charge in [-0.3, -0.25) is 4.79 Å². The van der Waals surface area contributed by atoms with Crippen molar-refractivity contribution in [2.45, 2.75) is 10.9 Å². The van der Waals surface area contributed by atoms with Crippen LogP contribution < -0.4 is 11.2 Å². The number of hydrogen-bond acceptors (Lipinski definition) is 7. The summed E-state index contributed by atoms with van der Waals surface area (Å²) in [5.41, 5.74) is 1.29. The van der Waals surface area contributed by atoms with E-state index in [1.165, 1.54) is 22.0 Å². The second-order valence-corrected chi connectivity index (χ2v) is 8.33. The number of nitrogens with one attached hydrogen (secondary N) is 1. The van der Waals surface area contributed by atoms with Crippen LogP contribution in [0.15, 0.2) is 53.0 Å². The average molecular weight is 406 g/mol. The van der Waals surface area contributed by atoms with E-state index in [9.17, 15) is 4.79 Å². The predicted octanol–water partition coefficient (Wildman–Crippen LogP) is 2.86. The molecule has 136 valence electrons. The van der Waals surface area contributed by atoms with Crippen LogP contribution in [0.3, 0.4) is 0 Å². The molecule has 0 aliphatic heterocycles. The minimum absolute atomic E-state index is 0.0315. The van der Waals surface area contributed by atoms with Gasteiger partial charge in [0.25, 0.3) is 0 Å². The Morgan fingerprint density at radius 3 is 2.81 bits per heavy atom. The van der Waals surface area contributed by atoms with E-state index in [2.05, 4.69) is 27.6 Å². The Hall–Kier alpha value is -1.97. The van der Waals surface area contributed by atoms with Gasteiger partial charge in [-0.05, 0) is 17.0 Å². The summed E-state index contributed by atoms with van der Waals surface area (Å²) in [6.07, 6.45) is 0. The molecule has 1 aromatic carbocycles. The Labute approximate surface area is 164 Å². The van der Waals surface area contributed by atoms with Crippen molar-refractivity contribution in [2.24, 2.45) is 0 Å². The lowest BCUT2D eigenvalue weighted by atomic mass is 10.2. The fourth-order valence-electron chi connectivity index (χ4n) is 2.16. The van der Waals surface area contributed by atoms with E-state index < -0.39 is 0 Å². The van der Waals surface area contributed by atoms with Gasteiger partial charge in [-0.2, -0.15) is 11.8 Å². The summed E-state index contributed by atoms with van der Waals surface area (Å²) in [6.45, 7) is 0.645. The third-order valence-corrected chi connectivity index (χ3v) is 6.26. The molecular formula is C17H19N5OS3. The third-order valence-electron chi connectivity index (χ3n) is 3.42. The smallest absolute Gasteiger partial charge is 0.230 e. The average Bonchev–Trinajstić information content (AvgIpc) is 3.30. The lowest BCUT2D eigenvalue weighted by molar-refractivity contribution is -0.118. The van der Waals surface area contributed by atoms with E-state index in [1.54, 1.807) is 23.1 Å². The minimum atomic E-state index is -0.0315. The normalized spacial score (nSPS) is 10.8. The van der Waals surface area contributed by atoms with Crippen molar-refractivity contribution in [1.29, 1.82) is 0 Å². The topological polar surface area (TPSA) is 85.8 Å². The fraction of sp³-hybridized carbons (Fsp3) is 0.235. The van der Waals surface area contributed by atoms with Gasteiger partial charge in [0.05, 0.1) is 10.6 Å². The molecule has 0 saturated carbocycles. The molecule has 0 spiro atoms. The minimum Gasteiger partial charge on any atom is -0.355 e. The third kappa shape index (κ3) is 5.26. The number of carbonyl (C=O) groups is 1. The summed E-state index contributed by atoms with van der Waals surface area (Å²) < 4.78 is 1.43. The number of hydrogen-bond donors (Lipinski definition) is 2. The first-order valence-electron chi connectivity index (χ1n) is 7.99. The summed E-state index contributed by atoms with van der Waals surface area (Å²) in [5, 5.41) is 13.6. The van der Waals surface area contributed by atoms with Gasteiger partial charge >= 0.3 is 0 Å². The van der Waals surface area contributed by atoms with Crippen LogP contribution in [-0.2, 0) is 10.5 Å². The van der Waals surface area contributed by atoms with E-state index in [0.29, 0.717) is 17.5 Å². The monoisotopic (exact) mass is 405 g/mol. The highest BCUT2D eigenvalue weighted by Crippen LogP contribution is 2.24. The Bertz CT molecular complexity index is 820. The Morgan fingerprint density at radius 1 is 1.19 bits per heavy atom. The Balaban J connectivity index is 1.35. The van der Waals surface area contributed by atoms with Crippen molar-refractivity contribution in [2.75, 3.05) is 23.9 Å². The second-order valence-electron chi connectivity index (χ2n) is 5.33. The quantitative estimate of drug-likeness (QED) is 0.323. The van der Waals surface area contributed by atoms with Gasteiger partial charge in [0.2, 0.25) is 11.1 Å². The van der Waals surface area contributed by atoms with Crippen LogP contribution in [-0.4, -0.2) is 38.8 Å². The van der Waals surface area contributed by atoms with E-state index in [4.69, 9.17) is 5.84 Å². The van der Waals surface area contributed by atoms with Gasteiger partial charge in [-0.1, -0.05) is 48.2 Å². The van der Waals surface area contributed by atoms with Gasteiger partial charge in [-0.15, -0.1) is 21.5 Å². The van der Waals surface area contributed by atoms with E-state index >= 15 is 0 Å². The molecule has 3 rings (SSSR count). The molecule has 0 fully saturated rings. The SMILES string of the molecule is Nn1c(SCC(=O)NCCSCc2ccccc2)nnc1-c1cccs1. The zero-order valence-electron chi connectivity index (χ0n) is 14.0. The molecule has 26 heavy (non-hydrogen) atoms. The summed E-state index contributed by atoms with van der Waals surface area (Å²) in [4.78, 5) is 12.9. The predicted molar refractivity (Wildman–Crippen MR) is 110 cm³/mol. The summed E-state index contributed by atoms with van der Waals surface area (Å²) in [5.74, 6) is 8.69. The first-order valence-corrected chi connectivity index (χ1v) is 11.0. The van der Waals surface area contributed by atoms with Crippen LogP contribution in [0.2, 0.25) is 0 Å². The molecule has 2 heterocycles. The first kappa shape index (κ1) is 18.8. The van der Waals surface area contributed by atoms with Crippen LogP contribution in [0, 0.1) is 0 Å². The van der Waals surface area contributed by atoms with Gasteiger partial charge in [0.15, 0.2) is 5.82 Å². The molecule has 0 aliphatic carbocycles. The number of thioether (sulfide) groups is 2. The molecule has 0 radical (unpaired) electrons. The van der Waals surface area contributed by atoms with Crippen molar-refractivity contribution in [3.8, 4) is 10.7 Å². The molecule has 0 bridgehead atoms. The van der Waals surface area contributed by atoms with E-state index in [0.717, 1.165) is 16.4 Å². The summed E-state index contributed by atoms with van der Waals surface area (Å²) >= 11 is 4.63. The Morgan fingerprint density at radius 2 is 2.04 bits per heavy atom. The van der Waals surface area contributed by atoms with Crippen molar-refractivity contribution in [3.05, 3.63) is 53.4 Å². The number of benzene rings is 1. The number of rotatable bonds is 9. The first-order chi connectivity index (χ1) is 12.7. The van der Waals surface area contributed by atoms with Crippen molar-refractivity contribution < 1.29 is 4.79 Å². The van der Waals surface area contributed by atoms with Crippen LogP contribution in [0.5, 0.6) is 0 Å². The zero-order chi connectivity index (χ0) is 18.2. The lowest BCUT2D eigenvalue weighted by Crippen LogP contribution is -2.27. The molecule has 3 N–H and O–H groups in total. The van der Waals surface area contributed by atoms with Gasteiger partial charge in [-0.25, -0.2) is 4.68 Å². The molecule has 6 nitrogen and oxygen atoms in total. The maximum Gasteiger partial charge on any atom is 0.230 e. The zero-order valence-corrected chi connectivity index (χ0v) is 16.4. The van der Waals surface area contributed by atoms with Gasteiger partial charge in [0.1, 0.15) is 0 Å². The molecule has 0 aliphatic rings. The van der Waals surface area contributed by atoms with Crippen LogP contribution in [0.25, 0.3) is 10.7 Å². The van der Waals surface area contributed by atoms with E-state index in [1.807, 2.05) is 35.7 Å². The van der Waals surface area contributed by atoms with Crippen LogP contribution in [0.1, 0.15) is 5.56 Å². The highest BCUT2D eigenvalue weighted by Gasteiger charge is 2.14. The molecule has 1 amide bonds. The summed E-state index contributed by atoms with van der Waals surface area (Å²) in [7, 11) is 0. The largest absolute Gasteiger partial charge is 0.355 e. The second kappa shape index (κ2) is 9.65. The highest BCUT2D eigenvalue weighted by atomic mass is 32.2. The van der Waals surface area contributed by atoms with Crippen molar-refractivity contribution >= 4 is 40.8 Å². The molecule has 9 heteroatoms. The number of aromatic nitrogens is 3.